The van der Waals surface area contributed by atoms with E-state index in [0.29, 0.717) is 16.5 Å². The zero-order chi connectivity index (χ0) is 26.4. The highest BCUT2D eigenvalue weighted by molar-refractivity contribution is 7.98. The standard InChI is InChI=1S/C28H24Cl2N2O3S2/c1-20-10-16-23(17-11-20)37(34,35)32(26-8-4-2-6-24(26)30)18-28(33)31-25-7-3-5-9-27(25)36-19-21-12-14-22(29)15-13-21/h2-17H,18-19H2,1H3,(H,31,33). The largest absolute Gasteiger partial charge is 0.323 e. The number of benzene rings is 4. The number of hydrogen-bond donors (Lipinski definition) is 1. The fraction of sp³-hybridized carbons (Fsp3) is 0.107. The number of halogens is 2. The molecule has 0 aromatic heterocycles. The molecule has 0 fully saturated rings. The van der Waals surface area contributed by atoms with Crippen LogP contribution in [0.3, 0.4) is 0 Å². The van der Waals surface area contributed by atoms with Crippen LogP contribution in [0.4, 0.5) is 11.4 Å². The van der Waals surface area contributed by atoms with Gasteiger partial charge in [0.25, 0.3) is 10.0 Å². The van der Waals surface area contributed by atoms with E-state index in [-0.39, 0.29) is 15.6 Å². The molecule has 5 nitrogen and oxygen atoms in total. The van der Waals surface area contributed by atoms with Crippen LogP contribution < -0.4 is 9.62 Å². The Hall–Kier alpha value is -2.97. The first kappa shape index (κ1) is 27.1. The summed E-state index contributed by atoms with van der Waals surface area (Å²) in [5.74, 6) is 0.188. The van der Waals surface area contributed by atoms with Gasteiger partial charge in [-0.05, 0) is 61.0 Å². The van der Waals surface area contributed by atoms with Gasteiger partial charge in [0.15, 0.2) is 0 Å². The van der Waals surface area contributed by atoms with Crippen molar-refractivity contribution in [3.8, 4) is 0 Å². The number of carbonyl (C=O) groups is 1. The van der Waals surface area contributed by atoms with E-state index in [1.165, 1.54) is 12.1 Å². The Morgan fingerprint density at radius 1 is 0.865 bits per heavy atom. The molecule has 0 radical (unpaired) electrons. The Labute approximate surface area is 231 Å². The highest BCUT2D eigenvalue weighted by Crippen LogP contribution is 2.32. The van der Waals surface area contributed by atoms with Gasteiger partial charge in [0, 0.05) is 15.7 Å². The van der Waals surface area contributed by atoms with Crippen LogP contribution in [-0.4, -0.2) is 20.9 Å². The molecular weight excluding hydrogens is 547 g/mol. The number of sulfonamides is 1. The number of hydrogen-bond acceptors (Lipinski definition) is 4. The second-order valence-electron chi connectivity index (χ2n) is 8.24. The van der Waals surface area contributed by atoms with Crippen LogP contribution in [0.1, 0.15) is 11.1 Å². The lowest BCUT2D eigenvalue weighted by atomic mass is 10.2. The van der Waals surface area contributed by atoms with Gasteiger partial charge in [-0.15, -0.1) is 11.8 Å². The Balaban J connectivity index is 1.57. The van der Waals surface area contributed by atoms with Gasteiger partial charge in [0.1, 0.15) is 6.54 Å². The number of anilines is 2. The maximum absolute atomic E-state index is 13.6. The first-order chi connectivity index (χ1) is 17.7. The Morgan fingerprint density at radius 3 is 2.22 bits per heavy atom. The summed E-state index contributed by atoms with van der Waals surface area (Å²) in [7, 11) is -4.07. The van der Waals surface area contributed by atoms with Gasteiger partial charge in [-0.3, -0.25) is 9.10 Å². The second-order valence-corrected chi connectivity index (χ2v) is 12.0. The number of nitrogens with zero attached hydrogens (tertiary/aromatic N) is 1. The third-order valence-corrected chi connectivity index (χ3v) is 8.98. The molecule has 0 unspecified atom stereocenters. The van der Waals surface area contributed by atoms with Crippen molar-refractivity contribution in [3.05, 3.63) is 118 Å². The molecule has 0 saturated heterocycles. The van der Waals surface area contributed by atoms with E-state index in [2.05, 4.69) is 5.32 Å². The van der Waals surface area contributed by atoms with Crippen molar-refractivity contribution in [1.29, 1.82) is 0 Å². The average molecular weight is 572 g/mol. The average Bonchev–Trinajstić information content (AvgIpc) is 2.88. The first-order valence-electron chi connectivity index (χ1n) is 11.3. The highest BCUT2D eigenvalue weighted by atomic mass is 35.5. The van der Waals surface area contributed by atoms with Crippen molar-refractivity contribution in [1.82, 2.24) is 0 Å². The SMILES string of the molecule is Cc1ccc(S(=O)(=O)N(CC(=O)Nc2ccccc2SCc2ccc(Cl)cc2)c2ccccc2Cl)cc1. The predicted octanol–water partition coefficient (Wildman–Crippen LogP) is 7.43. The summed E-state index contributed by atoms with van der Waals surface area (Å²) in [5.41, 5.74) is 2.84. The molecule has 0 aliphatic carbocycles. The van der Waals surface area contributed by atoms with E-state index in [1.807, 2.05) is 49.4 Å². The number of carbonyl (C=O) groups excluding carboxylic acids is 1. The van der Waals surface area contributed by atoms with Gasteiger partial charge in [0.05, 0.1) is 21.3 Å². The quantitative estimate of drug-likeness (QED) is 0.212. The van der Waals surface area contributed by atoms with E-state index in [1.54, 1.807) is 54.2 Å². The van der Waals surface area contributed by atoms with Crippen LogP contribution in [0, 0.1) is 6.92 Å². The molecule has 190 valence electrons. The van der Waals surface area contributed by atoms with Gasteiger partial charge in [-0.25, -0.2) is 8.42 Å². The highest BCUT2D eigenvalue weighted by Gasteiger charge is 2.28. The number of rotatable bonds is 9. The van der Waals surface area contributed by atoms with E-state index in [0.717, 1.165) is 20.3 Å². The van der Waals surface area contributed by atoms with Gasteiger partial charge in [-0.2, -0.15) is 0 Å². The molecule has 1 amide bonds. The van der Waals surface area contributed by atoms with Crippen LogP contribution in [0.5, 0.6) is 0 Å². The molecule has 0 heterocycles. The minimum absolute atomic E-state index is 0.0738. The Kier molecular flexibility index (Phi) is 8.82. The number of nitrogens with one attached hydrogen (secondary N) is 1. The normalized spacial score (nSPS) is 11.2. The number of aryl methyl sites for hydroxylation is 1. The summed E-state index contributed by atoms with van der Waals surface area (Å²) in [6.45, 7) is 1.42. The molecule has 37 heavy (non-hydrogen) atoms. The lowest BCUT2D eigenvalue weighted by Crippen LogP contribution is -2.38. The molecule has 1 N–H and O–H groups in total. The molecule has 0 aliphatic rings. The summed E-state index contributed by atoms with van der Waals surface area (Å²) >= 11 is 13.9. The number of thioether (sulfide) groups is 1. The maximum Gasteiger partial charge on any atom is 0.264 e. The van der Waals surface area contributed by atoms with Crippen LogP contribution in [0.15, 0.2) is 107 Å². The minimum atomic E-state index is -4.07. The fourth-order valence-corrected chi connectivity index (χ4v) is 6.37. The smallest absolute Gasteiger partial charge is 0.264 e. The van der Waals surface area contributed by atoms with Crippen molar-refractivity contribution in [2.45, 2.75) is 22.5 Å². The monoisotopic (exact) mass is 570 g/mol. The summed E-state index contributed by atoms with van der Waals surface area (Å²) in [6, 6.07) is 28.0. The van der Waals surface area contributed by atoms with Crippen molar-refractivity contribution >= 4 is 62.3 Å². The molecule has 9 heteroatoms. The summed E-state index contributed by atoms with van der Waals surface area (Å²) in [6.07, 6.45) is 0. The molecule has 4 aromatic rings. The van der Waals surface area contributed by atoms with E-state index in [4.69, 9.17) is 23.2 Å². The predicted molar refractivity (Wildman–Crippen MR) is 153 cm³/mol. The van der Waals surface area contributed by atoms with Gasteiger partial charge in [-0.1, -0.05) is 77.3 Å². The van der Waals surface area contributed by atoms with Crippen molar-refractivity contribution in [3.63, 3.8) is 0 Å². The molecule has 0 saturated carbocycles. The van der Waals surface area contributed by atoms with Crippen LogP contribution in [-0.2, 0) is 20.6 Å². The number of para-hydroxylation sites is 2. The van der Waals surface area contributed by atoms with Crippen LogP contribution in [0.25, 0.3) is 0 Å². The Morgan fingerprint density at radius 2 is 1.51 bits per heavy atom. The fourth-order valence-electron chi connectivity index (χ4n) is 3.55. The van der Waals surface area contributed by atoms with E-state index < -0.39 is 22.5 Å². The minimum Gasteiger partial charge on any atom is -0.323 e. The van der Waals surface area contributed by atoms with Crippen molar-refractivity contribution < 1.29 is 13.2 Å². The third-order valence-electron chi connectivity index (χ3n) is 5.49. The molecule has 0 spiro atoms. The summed E-state index contributed by atoms with van der Waals surface area (Å²) in [4.78, 5) is 14.2. The summed E-state index contributed by atoms with van der Waals surface area (Å²) in [5, 5.41) is 3.78. The van der Waals surface area contributed by atoms with Gasteiger partial charge in [0.2, 0.25) is 5.91 Å². The molecule has 0 aliphatic heterocycles. The Bertz CT molecular complexity index is 1490. The molecule has 4 aromatic carbocycles. The van der Waals surface area contributed by atoms with Crippen molar-refractivity contribution in [2.75, 3.05) is 16.2 Å². The van der Waals surface area contributed by atoms with Crippen LogP contribution in [0.2, 0.25) is 10.0 Å². The maximum atomic E-state index is 13.6. The lowest BCUT2D eigenvalue weighted by Gasteiger charge is -2.25. The molecule has 0 atom stereocenters. The number of amides is 1. The van der Waals surface area contributed by atoms with Crippen molar-refractivity contribution in [2.24, 2.45) is 0 Å². The van der Waals surface area contributed by atoms with Gasteiger partial charge < -0.3 is 5.32 Å². The zero-order valence-electron chi connectivity index (χ0n) is 19.9. The van der Waals surface area contributed by atoms with Gasteiger partial charge >= 0.3 is 0 Å². The molecular formula is C28H24Cl2N2O3S2. The zero-order valence-corrected chi connectivity index (χ0v) is 23.0. The first-order valence-corrected chi connectivity index (χ1v) is 14.5. The lowest BCUT2D eigenvalue weighted by molar-refractivity contribution is -0.114. The second kappa shape index (κ2) is 12.0. The molecule has 0 bridgehead atoms. The van der Waals surface area contributed by atoms with E-state index >= 15 is 0 Å². The topological polar surface area (TPSA) is 66.5 Å². The summed E-state index contributed by atoms with van der Waals surface area (Å²) < 4.78 is 28.3. The van der Waals surface area contributed by atoms with Crippen LogP contribution >= 0.6 is 35.0 Å². The molecule has 4 rings (SSSR count). The van der Waals surface area contributed by atoms with E-state index in [9.17, 15) is 13.2 Å². The third kappa shape index (κ3) is 6.87.